The Hall–Kier alpha value is -0.1000. The van der Waals surface area contributed by atoms with Crippen LogP contribution in [0, 0.1) is 27.7 Å². The highest BCUT2D eigenvalue weighted by Gasteiger charge is 2.09. The lowest BCUT2D eigenvalue weighted by Gasteiger charge is -2.15. The summed E-state index contributed by atoms with van der Waals surface area (Å²) in [4.78, 5) is 0. The molecule has 0 radical (unpaired) electrons. The molecule has 0 nitrogen and oxygen atoms in total. The number of hydrogen-bond donors (Lipinski definition) is 0. The molecule has 2 aromatic rings. The van der Waals surface area contributed by atoms with Crippen LogP contribution in [0.15, 0.2) is 36.4 Å². The molecule has 0 saturated carbocycles. The molecule has 0 spiro atoms. The van der Waals surface area contributed by atoms with Gasteiger partial charge in [0, 0.05) is 37.2 Å². The van der Waals surface area contributed by atoms with Crippen molar-refractivity contribution in [2.45, 2.75) is 27.7 Å². The largest absolute Gasteiger partial charge is 0.0617 e. The Morgan fingerprint density at radius 3 is 1.00 bits per heavy atom. The molecule has 96 valence electrons. The summed E-state index contributed by atoms with van der Waals surface area (Å²) in [5, 5.41) is 0. The lowest BCUT2D eigenvalue weighted by atomic mass is 9.90. The average Bonchev–Trinajstić information content (AvgIpc) is 2.35. The summed E-state index contributed by atoms with van der Waals surface area (Å²) in [5.41, 5.74) is 8.24. The van der Waals surface area contributed by atoms with Gasteiger partial charge in [-0.05, 0) is 61.1 Å². The minimum Gasteiger partial charge on any atom is -0.0617 e. The van der Waals surface area contributed by atoms with E-state index in [1.807, 2.05) is 0 Å². The number of aryl methyl sites for hydroxylation is 4. The zero-order chi connectivity index (χ0) is 13.7. The first-order chi connectivity index (χ1) is 8.61. The molecule has 0 fully saturated rings. The van der Waals surface area contributed by atoms with E-state index in [0.29, 0.717) is 0 Å². The van der Waals surface area contributed by atoms with Crippen LogP contribution in [0.4, 0.5) is 0 Å². The minimum absolute atomic E-state index is 1.36. The van der Waals surface area contributed by atoms with Crippen molar-refractivity contribution in [2.75, 3.05) is 0 Å². The summed E-state index contributed by atoms with van der Waals surface area (Å²) in [7, 11) is 0. The smallest absolute Gasteiger partial charge is 0 e. The van der Waals surface area contributed by atoms with Gasteiger partial charge in [0.05, 0.1) is 0 Å². The van der Waals surface area contributed by atoms with E-state index in [4.69, 9.17) is 0 Å². The van der Waals surface area contributed by atoms with Gasteiger partial charge in [0.25, 0.3) is 0 Å². The second-order valence-electron chi connectivity index (χ2n) is 4.53. The summed E-state index contributed by atoms with van der Waals surface area (Å²) in [6.45, 7) is 8.75. The lowest BCUT2D eigenvalue weighted by Crippen LogP contribution is -1.93. The van der Waals surface area contributed by atoms with E-state index in [9.17, 15) is 0 Å². The van der Waals surface area contributed by atoms with Crippen molar-refractivity contribution in [3.05, 3.63) is 58.7 Å². The van der Waals surface area contributed by atoms with E-state index in [1.165, 1.54) is 33.4 Å². The molecule has 0 aliphatic heterocycles. The quantitative estimate of drug-likeness (QED) is 0.431. The van der Waals surface area contributed by atoms with Crippen LogP contribution in [0.5, 0.6) is 0 Å². The second-order valence-corrected chi connectivity index (χ2v) is 4.53. The summed E-state index contributed by atoms with van der Waals surface area (Å²) in [6, 6.07) is 13.0. The van der Waals surface area contributed by atoms with Gasteiger partial charge < -0.3 is 0 Å². The summed E-state index contributed by atoms with van der Waals surface area (Å²) in [6.07, 6.45) is 0. The van der Waals surface area contributed by atoms with Crippen molar-refractivity contribution < 1.29 is 0 Å². The molecule has 0 bridgehead atoms. The van der Waals surface area contributed by atoms with Crippen molar-refractivity contribution in [3.8, 4) is 11.1 Å². The minimum atomic E-state index is 1.36. The Morgan fingerprint density at radius 2 is 0.778 bits per heavy atom. The summed E-state index contributed by atoms with van der Waals surface area (Å²) < 4.78 is 0. The predicted molar refractivity (Wildman–Crippen MR) is 98.9 cm³/mol. The van der Waals surface area contributed by atoms with Crippen molar-refractivity contribution in [3.63, 3.8) is 0 Å². The van der Waals surface area contributed by atoms with Gasteiger partial charge in [0.15, 0.2) is 0 Å². The molecular weight excluding hydrogens is 446 g/mol. The Kier molecular flexibility index (Phi) is 6.63. The van der Waals surface area contributed by atoms with Crippen molar-refractivity contribution in [1.82, 2.24) is 0 Å². The van der Waals surface area contributed by atoms with Crippen LogP contribution in [-0.4, -0.2) is 0 Å². The predicted octanol–water partition coefficient (Wildman–Crippen LogP) is 6.36. The lowest BCUT2D eigenvalue weighted by molar-refractivity contribution is 1.32. The molecule has 0 amide bonds. The molecule has 0 aliphatic rings. The van der Waals surface area contributed by atoms with Crippen molar-refractivity contribution >= 4 is 37.2 Å². The molecule has 2 rings (SSSR count). The topological polar surface area (TPSA) is 0 Å². The molecule has 0 heterocycles. The van der Waals surface area contributed by atoms with Crippen LogP contribution in [-0.2, 0) is 0 Å². The van der Waals surface area contributed by atoms with Crippen LogP contribution < -0.4 is 0 Å². The first kappa shape index (κ1) is 16.0. The maximum Gasteiger partial charge on any atom is 0 e. The van der Waals surface area contributed by atoms with Crippen LogP contribution in [0.1, 0.15) is 22.3 Å². The van der Waals surface area contributed by atoms with E-state index in [1.54, 1.807) is 0 Å². The van der Waals surface area contributed by atoms with Gasteiger partial charge in [0.1, 0.15) is 0 Å². The molecule has 0 aromatic heterocycles. The highest BCUT2D eigenvalue weighted by molar-refractivity contribution is 15.0. The Labute approximate surface area is 134 Å². The standard InChI is InChI=1S/C16H18.I2/c1-11-7-5-8-12(2)15(11)16-13(3)9-6-10-14(16)4;1-2/h5-10H,1-4H3;. The van der Waals surface area contributed by atoms with E-state index in [-0.39, 0.29) is 0 Å². The third kappa shape index (κ3) is 3.47. The van der Waals surface area contributed by atoms with E-state index >= 15 is 0 Å². The van der Waals surface area contributed by atoms with Gasteiger partial charge in [-0.2, -0.15) is 0 Å². The molecule has 0 N–H and O–H groups in total. The van der Waals surface area contributed by atoms with E-state index in [2.05, 4.69) is 101 Å². The van der Waals surface area contributed by atoms with Crippen LogP contribution in [0.3, 0.4) is 0 Å². The highest BCUT2D eigenvalue weighted by atomic mass is 128. The van der Waals surface area contributed by atoms with Crippen LogP contribution in [0.2, 0.25) is 0 Å². The second kappa shape index (κ2) is 7.48. The Bertz CT molecular complexity index is 441. The van der Waals surface area contributed by atoms with Crippen molar-refractivity contribution in [1.29, 1.82) is 0 Å². The third-order valence-electron chi connectivity index (χ3n) is 3.21. The zero-order valence-electron chi connectivity index (χ0n) is 11.2. The molecule has 2 aromatic carbocycles. The number of halogens is 2. The van der Waals surface area contributed by atoms with E-state index in [0.717, 1.165) is 0 Å². The summed E-state index contributed by atoms with van der Waals surface area (Å²) in [5.74, 6) is 0. The molecule has 0 saturated heterocycles. The normalized spacial score (nSPS) is 9.67. The van der Waals surface area contributed by atoms with Crippen LogP contribution in [0.25, 0.3) is 11.1 Å². The number of benzene rings is 2. The SMILES string of the molecule is Cc1cccc(C)c1-c1c(C)cccc1C.II. The third-order valence-corrected chi connectivity index (χ3v) is 3.21. The molecule has 0 unspecified atom stereocenters. The number of hydrogen-bond acceptors (Lipinski definition) is 0. The Balaban J connectivity index is 0.000000771. The molecule has 18 heavy (non-hydrogen) atoms. The number of rotatable bonds is 1. The average molecular weight is 464 g/mol. The van der Waals surface area contributed by atoms with Gasteiger partial charge in [-0.25, -0.2) is 0 Å². The fourth-order valence-electron chi connectivity index (χ4n) is 2.42. The maximum absolute atomic E-state index is 2.19. The van der Waals surface area contributed by atoms with Crippen LogP contribution >= 0.6 is 37.2 Å². The van der Waals surface area contributed by atoms with Gasteiger partial charge in [-0.3, -0.25) is 0 Å². The monoisotopic (exact) mass is 464 g/mol. The summed E-state index contributed by atoms with van der Waals surface area (Å²) >= 11 is 4.24. The fourth-order valence-corrected chi connectivity index (χ4v) is 2.42. The van der Waals surface area contributed by atoms with Gasteiger partial charge in [0.2, 0.25) is 0 Å². The maximum atomic E-state index is 2.19. The fraction of sp³-hybridized carbons (Fsp3) is 0.250. The Morgan fingerprint density at radius 1 is 0.556 bits per heavy atom. The first-order valence-electron chi connectivity index (χ1n) is 5.88. The zero-order valence-corrected chi connectivity index (χ0v) is 15.5. The van der Waals surface area contributed by atoms with Gasteiger partial charge in [-0.1, -0.05) is 36.4 Å². The first-order valence-corrected chi connectivity index (χ1v) is 12.2. The van der Waals surface area contributed by atoms with Gasteiger partial charge in [-0.15, -0.1) is 0 Å². The molecular formula is C16H18I2. The van der Waals surface area contributed by atoms with E-state index < -0.39 is 0 Å². The molecule has 0 atom stereocenters. The van der Waals surface area contributed by atoms with Gasteiger partial charge >= 0.3 is 0 Å². The molecule has 2 heteroatoms. The molecule has 0 aliphatic carbocycles. The van der Waals surface area contributed by atoms with Crippen molar-refractivity contribution in [2.24, 2.45) is 0 Å². The highest BCUT2D eigenvalue weighted by Crippen LogP contribution is 2.32.